The van der Waals surface area contributed by atoms with Crippen LogP contribution in [0.3, 0.4) is 0 Å². The summed E-state index contributed by atoms with van der Waals surface area (Å²) in [5.74, 6) is 1.01. The van der Waals surface area contributed by atoms with Gasteiger partial charge in [0.05, 0.1) is 16.3 Å². The Morgan fingerprint density at radius 1 is 1.06 bits per heavy atom. The number of aromatic nitrogens is 2. The second-order valence-corrected chi connectivity index (χ2v) is 9.74. The second kappa shape index (κ2) is 7.53. The van der Waals surface area contributed by atoms with Crippen molar-refractivity contribution >= 4 is 27.3 Å². The molecular formula is C23H24N4O3S. The van der Waals surface area contributed by atoms with Crippen molar-refractivity contribution in [1.82, 2.24) is 9.55 Å². The van der Waals surface area contributed by atoms with Crippen LogP contribution in [-0.4, -0.2) is 30.4 Å². The van der Waals surface area contributed by atoms with Crippen LogP contribution in [0.4, 0.5) is 11.4 Å². The third kappa shape index (κ3) is 3.61. The van der Waals surface area contributed by atoms with E-state index in [2.05, 4.69) is 9.29 Å². The molecule has 31 heavy (non-hydrogen) atoms. The first-order valence-corrected chi connectivity index (χ1v) is 12.0. The van der Waals surface area contributed by atoms with Gasteiger partial charge in [-0.25, -0.2) is 13.4 Å². The molecule has 1 N–H and O–H groups in total. The molecule has 0 saturated heterocycles. The average molecular weight is 437 g/mol. The van der Waals surface area contributed by atoms with Gasteiger partial charge in [0.25, 0.3) is 10.0 Å². The predicted molar refractivity (Wildman–Crippen MR) is 120 cm³/mol. The monoisotopic (exact) mass is 436 g/mol. The van der Waals surface area contributed by atoms with Crippen LogP contribution in [0.15, 0.2) is 53.6 Å². The predicted octanol–water partition coefficient (Wildman–Crippen LogP) is 3.60. The lowest BCUT2D eigenvalue weighted by Gasteiger charge is -2.15. The van der Waals surface area contributed by atoms with E-state index in [4.69, 9.17) is 4.98 Å². The molecule has 0 aliphatic carbocycles. The highest BCUT2D eigenvalue weighted by Gasteiger charge is 2.25. The number of hydrogen-bond acceptors (Lipinski definition) is 4. The van der Waals surface area contributed by atoms with E-state index < -0.39 is 10.0 Å². The number of imidazole rings is 1. The first kappa shape index (κ1) is 19.8. The fourth-order valence-corrected chi connectivity index (χ4v) is 5.54. The maximum Gasteiger partial charge on any atom is 0.261 e. The topological polar surface area (TPSA) is 84.3 Å². The number of hydrogen-bond donors (Lipinski definition) is 1. The van der Waals surface area contributed by atoms with Gasteiger partial charge in [-0.3, -0.25) is 9.52 Å². The lowest BCUT2D eigenvalue weighted by Crippen LogP contribution is -2.25. The smallest absolute Gasteiger partial charge is 0.261 e. The van der Waals surface area contributed by atoms with Gasteiger partial charge < -0.3 is 9.47 Å². The van der Waals surface area contributed by atoms with E-state index in [1.165, 1.54) is 6.92 Å². The summed E-state index contributed by atoms with van der Waals surface area (Å²) in [5, 5.41) is 0. The van der Waals surface area contributed by atoms with Crippen molar-refractivity contribution in [3.63, 3.8) is 0 Å². The molecule has 0 atom stereocenters. The zero-order chi connectivity index (χ0) is 21.6. The second-order valence-electron chi connectivity index (χ2n) is 8.06. The van der Waals surface area contributed by atoms with Crippen LogP contribution < -0.4 is 9.62 Å². The molecule has 160 valence electrons. The Morgan fingerprint density at radius 3 is 2.71 bits per heavy atom. The number of nitrogens with zero attached hydrogens (tertiary/aromatic N) is 3. The molecule has 3 heterocycles. The molecule has 2 aliphatic rings. The minimum atomic E-state index is -3.79. The van der Waals surface area contributed by atoms with Crippen molar-refractivity contribution in [2.45, 2.75) is 44.0 Å². The summed E-state index contributed by atoms with van der Waals surface area (Å²) in [7, 11) is -3.79. The van der Waals surface area contributed by atoms with Crippen LogP contribution in [0.2, 0.25) is 0 Å². The molecule has 5 rings (SSSR count). The van der Waals surface area contributed by atoms with Crippen molar-refractivity contribution in [2.75, 3.05) is 16.2 Å². The van der Waals surface area contributed by atoms with E-state index in [0.717, 1.165) is 54.1 Å². The van der Waals surface area contributed by atoms with Gasteiger partial charge in [-0.1, -0.05) is 18.2 Å². The number of sulfonamides is 1. The van der Waals surface area contributed by atoms with Crippen LogP contribution in [0.5, 0.6) is 0 Å². The molecule has 0 fully saturated rings. The van der Waals surface area contributed by atoms with Crippen LogP contribution in [0.1, 0.15) is 31.2 Å². The first-order valence-electron chi connectivity index (χ1n) is 10.5. The number of amides is 1. The number of fused-ring (bicyclic) bond motifs is 2. The summed E-state index contributed by atoms with van der Waals surface area (Å²) in [4.78, 5) is 18.4. The van der Waals surface area contributed by atoms with Crippen molar-refractivity contribution in [3.05, 3.63) is 60.0 Å². The molecular weight excluding hydrogens is 412 g/mol. The molecule has 0 bridgehead atoms. The standard InChI is InChI=1S/C23H24N4O3S/c1-16(28)27-13-11-17-14-18(9-10-22(17)27)31(29,30)25-20-7-3-2-6-19(20)21-15-26-12-5-4-8-23(26)24-21/h2-3,6-7,9-10,14-15,25H,4-5,8,11-13H2,1H3. The number of aryl methyl sites for hydroxylation is 2. The summed E-state index contributed by atoms with van der Waals surface area (Å²) in [5.41, 5.74) is 3.70. The highest BCUT2D eigenvalue weighted by molar-refractivity contribution is 7.92. The van der Waals surface area contributed by atoms with E-state index in [1.807, 2.05) is 24.4 Å². The van der Waals surface area contributed by atoms with Crippen molar-refractivity contribution in [3.8, 4) is 11.3 Å². The van der Waals surface area contributed by atoms with Crippen LogP contribution in [-0.2, 0) is 34.2 Å². The summed E-state index contributed by atoms with van der Waals surface area (Å²) >= 11 is 0. The molecule has 2 aromatic carbocycles. The fraction of sp³-hybridized carbons (Fsp3) is 0.304. The van der Waals surface area contributed by atoms with E-state index in [1.54, 1.807) is 29.2 Å². The van der Waals surface area contributed by atoms with Crippen LogP contribution >= 0.6 is 0 Å². The molecule has 1 amide bonds. The number of nitrogens with one attached hydrogen (secondary N) is 1. The third-order valence-corrected chi connectivity index (χ3v) is 7.36. The molecule has 0 radical (unpaired) electrons. The Hall–Kier alpha value is -3.13. The summed E-state index contributed by atoms with van der Waals surface area (Å²) in [6.07, 6.45) is 5.86. The number of anilines is 2. The summed E-state index contributed by atoms with van der Waals surface area (Å²) < 4.78 is 31.3. The number of para-hydroxylation sites is 1. The molecule has 0 saturated carbocycles. The van der Waals surface area contributed by atoms with E-state index >= 15 is 0 Å². The lowest BCUT2D eigenvalue weighted by molar-refractivity contribution is -0.116. The molecule has 0 spiro atoms. The van der Waals surface area contributed by atoms with Crippen LogP contribution in [0, 0.1) is 0 Å². The summed E-state index contributed by atoms with van der Waals surface area (Å²) in [6.45, 7) is 3.05. The molecule has 3 aromatic rings. The van der Waals surface area contributed by atoms with Gasteiger partial charge >= 0.3 is 0 Å². The van der Waals surface area contributed by atoms with Gasteiger partial charge in [0.1, 0.15) is 5.82 Å². The minimum absolute atomic E-state index is 0.0378. The molecule has 2 aliphatic heterocycles. The van der Waals surface area contributed by atoms with Gasteiger partial charge in [0.2, 0.25) is 5.91 Å². The molecule has 8 heteroatoms. The van der Waals surface area contributed by atoms with Crippen molar-refractivity contribution in [1.29, 1.82) is 0 Å². The quantitative estimate of drug-likeness (QED) is 0.677. The van der Waals surface area contributed by atoms with Gasteiger partial charge in [-0.15, -0.1) is 0 Å². The number of rotatable bonds is 4. The summed E-state index contributed by atoms with van der Waals surface area (Å²) in [6, 6.07) is 12.3. The first-order chi connectivity index (χ1) is 14.9. The number of benzene rings is 2. The largest absolute Gasteiger partial charge is 0.334 e. The van der Waals surface area contributed by atoms with Gasteiger partial charge in [0.15, 0.2) is 0 Å². The van der Waals surface area contributed by atoms with Gasteiger partial charge in [-0.2, -0.15) is 0 Å². The Balaban J connectivity index is 1.47. The van der Waals surface area contributed by atoms with E-state index in [0.29, 0.717) is 18.7 Å². The maximum atomic E-state index is 13.2. The van der Waals surface area contributed by atoms with Gasteiger partial charge in [-0.05, 0) is 49.1 Å². The Bertz CT molecular complexity index is 1260. The van der Waals surface area contributed by atoms with E-state index in [9.17, 15) is 13.2 Å². The molecule has 7 nitrogen and oxygen atoms in total. The third-order valence-electron chi connectivity index (χ3n) is 5.99. The van der Waals surface area contributed by atoms with E-state index in [-0.39, 0.29) is 10.8 Å². The van der Waals surface area contributed by atoms with Gasteiger partial charge in [0, 0.05) is 43.9 Å². The number of carbonyl (C=O) groups is 1. The fourth-order valence-electron chi connectivity index (χ4n) is 4.41. The Morgan fingerprint density at radius 2 is 1.90 bits per heavy atom. The molecule has 1 aromatic heterocycles. The normalized spacial score (nSPS) is 15.5. The Labute approximate surface area is 181 Å². The molecule has 0 unspecified atom stereocenters. The lowest BCUT2D eigenvalue weighted by atomic mass is 10.1. The minimum Gasteiger partial charge on any atom is -0.334 e. The van der Waals surface area contributed by atoms with Crippen molar-refractivity contribution in [2.24, 2.45) is 0 Å². The number of carbonyl (C=O) groups excluding carboxylic acids is 1. The zero-order valence-electron chi connectivity index (χ0n) is 17.3. The SMILES string of the molecule is CC(=O)N1CCc2cc(S(=O)(=O)Nc3ccccc3-c3cn4c(n3)CCCC4)ccc21. The van der Waals surface area contributed by atoms with Crippen LogP contribution in [0.25, 0.3) is 11.3 Å². The maximum absolute atomic E-state index is 13.2. The Kier molecular flexibility index (Phi) is 4.81. The average Bonchev–Trinajstić information content (AvgIpc) is 3.37. The highest BCUT2D eigenvalue weighted by atomic mass is 32.2. The van der Waals surface area contributed by atoms with Crippen molar-refractivity contribution < 1.29 is 13.2 Å². The highest BCUT2D eigenvalue weighted by Crippen LogP contribution is 2.33. The zero-order valence-corrected chi connectivity index (χ0v) is 18.2.